The van der Waals surface area contributed by atoms with Gasteiger partial charge in [-0.3, -0.25) is 0 Å². The van der Waals surface area contributed by atoms with Crippen LogP contribution in [0.1, 0.15) is 42.5 Å². The molecule has 0 radical (unpaired) electrons. The summed E-state index contributed by atoms with van der Waals surface area (Å²) in [5.74, 6) is 0. The Hall–Kier alpha value is -6.96. The van der Waals surface area contributed by atoms with E-state index in [1.807, 2.05) is 0 Å². The molecule has 0 saturated carbocycles. The number of benzene rings is 9. The molecule has 0 saturated heterocycles. The molecule has 0 spiro atoms. The van der Waals surface area contributed by atoms with Crippen LogP contribution < -0.4 is 4.90 Å². The average molecular weight is 742 g/mol. The van der Waals surface area contributed by atoms with E-state index in [1.165, 1.54) is 105 Å². The van der Waals surface area contributed by atoms with Crippen LogP contribution in [0, 0.1) is 0 Å². The molecular weight excluding hydrogens is 699 g/mol. The Bertz CT molecular complexity index is 3060. The van der Waals surface area contributed by atoms with Crippen LogP contribution in [-0.4, -0.2) is 0 Å². The summed E-state index contributed by atoms with van der Waals surface area (Å²) in [6.07, 6.45) is 6.72. The lowest BCUT2D eigenvalue weighted by Crippen LogP contribution is -2.22. The van der Waals surface area contributed by atoms with Crippen LogP contribution >= 0.6 is 0 Å². The third-order valence-corrected chi connectivity index (χ3v) is 12.7. The number of anilines is 3. The summed E-state index contributed by atoms with van der Waals surface area (Å²) in [6, 6.07) is 69.7. The zero-order valence-corrected chi connectivity index (χ0v) is 32.9. The minimum atomic E-state index is -0.221. The first-order valence-electron chi connectivity index (χ1n) is 20.6. The number of fused-ring (bicyclic) bond motifs is 6. The molecule has 0 atom stereocenters. The minimum absolute atomic E-state index is 0.221. The molecule has 0 N–H and O–H groups in total. The van der Waals surface area contributed by atoms with E-state index < -0.39 is 0 Å². The van der Waals surface area contributed by atoms with Crippen molar-refractivity contribution in [1.29, 1.82) is 0 Å². The lowest BCUT2D eigenvalue weighted by molar-refractivity contribution is 0.661. The largest absolute Gasteiger partial charge is 0.309 e. The van der Waals surface area contributed by atoms with Crippen LogP contribution in [0.3, 0.4) is 0 Å². The highest BCUT2D eigenvalue weighted by atomic mass is 15.2. The van der Waals surface area contributed by atoms with E-state index >= 15 is 0 Å². The van der Waals surface area contributed by atoms with E-state index in [2.05, 4.69) is 219 Å². The molecule has 0 fully saturated rings. The highest BCUT2D eigenvalue weighted by Gasteiger charge is 2.40. The first-order chi connectivity index (χ1) is 28.6. The van der Waals surface area contributed by atoms with Gasteiger partial charge in [0.25, 0.3) is 0 Å². The SMILES string of the molecule is CC1(C)c2ccccc2-c2cccc(N(c3ccc4ccccc4c3-c3ccccc3)c3c4c(c(-c5ccc(-c6ccccc6)cc5)c5ccccc35)C=CCC4)c21. The summed E-state index contributed by atoms with van der Waals surface area (Å²) in [5, 5.41) is 5.01. The van der Waals surface area contributed by atoms with E-state index in [1.54, 1.807) is 0 Å². The van der Waals surface area contributed by atoms with E-state index in [-0.39, 0.29) is 5.41 Å². The summed E-state index contributed by atoms with van der Waals surface area (Å²) in [6.45, 7) is 4.83. The van der Waals surface area contributed by atoms with Gasteiger partial charge in [0.05, 0.1) is 17.1 Å². The van der Waals surface area contributed by atoms with Crippen LogP contribution in [0.5, 0.6) is 0 Å². The van der Waals surface area contributed by atoms with Crippen LogP contribution in [0.4, 0.5) is 17.1 Å². The fraction of sp³-hybridized carbons (Fsp3) is 0.0877. The zero-order chi connectivity index (χ0) is 38.8. The Morgan fingerprint density at radius 3 is 1.84 bits per heavy atom. The quantitative estimate of drug-likeness (QED) is 0.164. The minimum Gasteiger partial charge on any atom is -0.309 e. The van der Waals surface area contributed by atoms with Crippen molar-refractivity contribution >= 4 is 44.7 Å². The summed E-state index contributed by atoms with van der Waals surface area (Å²) in [4.78, 5) is 2.67. The second-order valence-electron chi connectivity index (χ2n) is 16.3. The van der Waals surface area contributed by atoms with Gasteiger partial charge in [0.2, 0.25) is 0 Å². The van der Waals surface area contributed by atoms with Gasteiger partial charge in [0, 0.05) is 16.4 Å². The molecule has 0 unspecified atom stereocenters. The zero-order valence-electron chi connectivity index (χ0n) is 32.9. The molecular formula is C57H43N. The number of rotatable bonds is 6. The van der Waals surface area contributed by atoms with Gasteiger partial charge in [-0.25, -0.2) is 0 Å². The number of allylic oxidation sites excluding steroid dienone is 1. The van der Waals surface area contributed by atoms with Crippen molar-refractivity contribution in [2.45, 2.75) is 32.1 Å². The Labute approximate surface area is 341 Å². The fourth-order valence-electron chi connectivity index (χ4n) is 10.1. The molecule has 1 heteroatoms. The van der Waals surface area contributed by atoms with Crippen molar-refractivity contribution in [3.8, 4) is 44.5 Å². The van der Waals surface area contributed by atoms with Gasteiger partial charge in [-0.2, -0.15) is 0 Å². The van der Waals surface area contributed by atoms with Gasteiger partial charge in [-0.15, -0.1) is 0 Å². The van der Waals surface area contributed by atoms with Gasteiger partial charge in [0.1, 0.15) is 0 Å². The lowest BCUT2D eigenvalue weighted by atomic mass is 9.80. The van der Waals surface area contributed by atoms with Crippen molar-refractivity contribution in [1.82, 2.24) is 0 Å². The van der Waals surface area contributed by atoms with Crippen molar-refractivity contribution < 1.29 is 0 Å². The third-order valence-electron chi connectivity index (χ3n) is 12.7. The second-order valence-corrected chi connectivity index (χ2v) is 16.3. The van der Waals surface area contributed by atoms with Crippen molar-refractivity contribution in [2.24, 2.45) is 0 Å². The predicted molar refractivity (Wildman–Crippen MR) is 247 cm³/mol. The maximum atomic E-state index is 2.67. The average Bonchev–Trinajstić information content (AvgIpc) is 3.53. The van der Waals surface area contributed by atoms with Crippen LogP contribution in [-0.2, 0) is 11.8 Å². The predicted octanol–water partition coefficient (Wildman–Crippen LogP) is 15.7. The molecule has 0 amide bonds. The van der Waals surface area contributed by atoms with Crippen LogP contribution in [0.2, 0.25) is 0 Å². The van der Waals surface area contributed by atoms with Gasteiger partial charge in [-0.1, -0.05) is 202 Å². The summed E-state index contributed by atoms with van der Waals surface area (Å²) in [5.41, 5.74) is 19.0. The second kappa shape index (κ2) is 13.6. The molecule has 276 valence electrons. The fourth-order valence-corrected chi connectivity index (χ4v) is 10.1. The van der Waals surface area contributed by atoms with Gasteiger partial charge >= 0.3 is 0 Å². The molecule has 1 nitrogen and oxygen atoms in total. The maximum absolute atomic E-state index is 2.67. The Morgan fingerprint density at radius 2 is 1.05 bits per heavy atom. The molecule has 2 aliphatic carbocycles. The summed E-state index contributed by atoms with van der Waals surface area (Å²) in [7, 11) is 0. The van der Waals surface area contributed by atoms with Gasteiger partial charge < -0.3 is 4.90 Å². The number of nitrogens with zero attached hydrogens (tertiary/aromatic N) is 1. The molecule has 9 aromatic carbocycles. The molecule has 2 aliphatic rings. The molecule has 0 aromatic heterocycles. The van der Waals surface area contributed by atoms with Gasteiger partial charge in [0.15, 0.2) is 0 Å². The van der Waals surface area contributed by atoms with Crippen LogP contribution in [0.25, 0.3) is 72.1 Å². The molecule has 58 heavy (non-hydrogen) atoms. The monoisotopic (exact) mass is 741 g/mol. The highest BCUT2D eigenvalue weighted by molar-refractivity contribution is 6.14. The van der Waals surface area contributed by atoms with E-state index in [0.717, 1.165) is 12.8 Å². The first kappa shape index (κ1) is 34.3. The van der Waals surface area contributed by atoms with Crippen molar-refractivity contribution in [3.05, 3.63) is 216 Å². The van der Waals surface area contributed by atoms with E-state index in [4.69, 9.17) is 0 Å². The standard InChI is InChI=1S/C57H43N/c1-57(2)50-30-16-15-24-44(50)47-29-17-31-52(55(47)57)58(51-37-36-40-20-9-10-23-43(40)54(51)41-21-7-4-8-22-41)56-48-27-13-11-25-45(48)53(46-26-12-14-28-49(46)56)42-34-32-39(33-35-42)38-18-5-3-6-19-38/h3-13,15-27,29-37H,14,28H2,1-2H3. The van der Waals surface area contributed by atoms with Crippen molar-refractivity contribution in [2.75, 3.05) is 4.90 Å². The summed E-state index contributed by atoms with van der Waals surface area (Å²) >= 11 is 0. The molecule has 0 heterocycles. The van der Waals surface area contributed by atoms with Gasteiger partial charge in [-0.05, 0) is 102 Å². The third kappa shape index (κ3) is 5.31. The lowest BCUT2D eigenvalue weighted by Gasteiger charge is -2.37. The Morgan fingerprint density at radius 1 is 0.448 bits per heavy atom. The molecule has 0 aliphatic heterocycles. The first-order valence-corrected chi connectivity index (χ1v) is 20.6. The number of hydrogen-bond acceptors (Lipinski definition) is 1. The van der Waals surface area contributed by atoms with E-state index in [9.17, 15) is 0 Å². The molecule has 0 bridgehead atoms. The topological polar surface area (TPSA) is 3.24 Å². The number of hydrogen-bond donors (Lipinski definition) is 0. The molecule has 11 rings (SSSR count). The summed E-state index contributed by atoms with van der Waals surface area (Å²) < 4.78 is 0. The maximum Gasteiger partial charge on any atom is 0.0578 e. The molecule has 9 aromatic rings. The van der Waals surface area contributed by atoms with Crippen LogP contribution in [0.15, 0.2) is 194 Å². The van der Waals surface area contributed by atoms with Crippen molar-refractivity contribution in [3.63, 3.8) is 0 Å². The normalized spacial score (nSPS) is 13.6. The van der Waals surface area contributed by atoms with E-state index in [0.29, 0.717) is 0 Å². The Kier molecular flexibility index (Phi) is 8.05. The highest BCUT2D eigenvalue weighted by Crippen LogP contribution is 2.57. The smallest absolute Gasteiger partial charge is 0.0578 e. The Balaban J connectivity index is 1.26.